The molecule has 0 saturated carbocycles. The Morgan fingerprint density at radius 3 is 2.65 bits per heavy atom. The van der Waals surface area contributed by atoms with E-state index in [1.165, 1.54) is 24.8 Å². The standard InChI is InChI=1S/C21H35N3O2/c1-7-13-23-14-9-10-18(23)17-11-12-19(22-15-17)24(16(3)8-2)20(25)26-21(4,5)6/h11-12,15-16,18H,7-10,13-14H2,1-6H3/t16-,18+/m0/s1. The summed E-state index contributed by atoms with van der Waals surface area (Å²) in [5, 5.41) is 0. The van der Waals surface area contributed by atoms with Crippen LogP contribution in [0.3, 0.4) is 0 Å². The van der Waals surface area contributed by atoms with Gasteiger partial charge in [-0.15, -0.1) is 0 Å². The van der Waals surface area contributed by atoms with Crippen molar-refractivity contribution >= 4 is 11.9 Å². The number of likely N-dealkylation sites (tertiary alicyclic amines) is 1. The molecule has 2 heterocycles. The summed E-state index contributed by atoms with van der Waals surface area (Å²) in [7, 11) is 0. The molecule has 1 aromatic rings. The summed E-state index contributed by atoms with van der Waals surface area (Å²) in [4.78, 5) is 21.5. The van der Waals surface area contributed by atoms with Crippen LogP contribution in [0.4, 0.5) is 10.6 Å². The maximum atomic E-state index is 12.7. The van der Waals surface area contributed by atoms with E-state index in [4.69, 9.17) is 4.74 Å². The van der Waals surface area contributed by atoms with Gasteiger partial charge in [-0.05, 0) is 78.1 Å². The lowest BCUT2D eigenvalue weighted by Crippen LogP contribution is -2.42. The Kier molecular flexibility index (Phi) is 7.04. The molecule has 5 nitrogen and oxygen atoms in total. The highest BCUT2D eigenvalue weighted by atomic mass is 16.6. The second-order valence-electron chi connectivity index (χ2n) is 8.25. The smallest absolute Gasteiger partial charge is 0.416 e. The first-order valence-corrected chi connectivity index (χ1v) is 9.99. The lowest BCUT2D eigenvalue weighted by Gasteiger charge is -2.31. The van der Waals surface area contributed by atoms with Crippen molar-refractivity contribution in [3.63, 3.8) is 0 Å². The summed E-state index contributed by atoms with van der Waals surface area (Å²) in [6.45, 7) is 14.3. The largest absolute Gasteiger partial charge is 0.443 e. The fraction of sp³-hybridized carbons (Fsp3) is 0.714. The minimum atomic E-state index is -0.521. The molecule has 1 fully saturated rings. The molecule has 1 aliphatic rings. The van der Waals surface area contributed by atoms with Crippen LogP contribution in [0, 0.1) is 0 Å². The summed E-state index contributed by atoms with van der Waals surface area (Å²) < 4.78 is 5.60. The SMILES string of the molecule is CCCN1CCC[C@@H]1c1ccc(N(C(=O)OC(C)(C)C)[C@@H](C)CC)nc1. The maximum absolute atomic E-state index is 12.7. The minimum Gasteiger partial charge on any atom is -0.443 e. The summed E-state index contributed by atoms with van der Waals surface area (Å²) in [5.41, 5.74) is 0.723. The Bertz CT molecular complexity index is 580. The van der Waals surface area contributed by atoms with Gasteiger partial charge in [-0.3, -0.25) is 9.80 Å². The predicted octanol–water partition coefficient (Wildman–Crippen LogP) is 5.17. The first-order valence-electron chi connectivity index (χ1n) is 9.99. The Morgan fingerprint density at radius 2 is 2.12 bits per heavy atom. The van der Waals surface area contributed by atoms with Crippen molar-refractivity contribution in [1.29, 1.82) is 0 Å². The molecule has 1 aliphatic heterocycles. The highest BCUT2D eigenvalue weighted by Crippen LogP contribution is 2.32. The van der Waals surface area contributed by atoms with Crippen molar-refractivity contribution < 1.29 is 9.53 Å². The molecule has 0 radical (unpaired) electrons. The highest BCUT2D eigenvalue weighted by Gasteiger charge is 2.29. The number of nitrogens with zero attached hydrogens (tertiary/aromatic N) is 3. The van der Waals surface area contributed by atoms with Crippen LogP contribution in [-0.2, 0) is 4.74 Å². The lowest BCUT2D eigenvalue weighted by molar-refractivity contribution is 0.0566. The first-order chi connectivity index (χ1) is 12.3. The monoisotopic (exact) mass is 361 g/mol. The van der Waals surface area contributed by atoms with Gasteiger partial charge in [0.2, 0.25) is 0 Å². The van der Waals surface area contributed by atoms with Crippen LogP contribution in [0.15, 0.2) is 18.3 Å². The summed E-state index contributed by atoms with van der Waals surface area (Å²) in [6.07, 6.45) is 6.04. The third-order valence-corrected chi connectivity index (χ3v) is 4.90. The normalized spacial score (nSPS) is 19.4. The van der Waals surface area contributed by atoms with E-state index >= 15 is 0 Å². The first kappa shape index (κ1) is 20.7. The number of ether oxygens (including phenoxy) is 1. The Labute approximate surface area is 158 Å². The van der Waals surface area contributed by atoms with E-state index in [1.807, 2.05) is 40.0 Å². The van der Waals surface area contributed by atoms with Gasteiger partial charge in [-0.2, -0.15) is 0 Å². The van der Waals surface area contributed by atoms with Gasteiger partial charge in [0.15, 0.2) is 0 Å². The fourth-order valence-electron chi connectivity index (χ4n) is 3.49. The average molecular weight is 362 g/mol. The topological polar surface area (TPSA) is 45.7 Å². The number of carbonyl (C=O) groups is 1. The predicted molar refractivity (Wildman–Crippen MR) is 107 cm³/mol. The zero-order chi connectivity index (χ0) is 19.3. The molecule has 5 heteroatoms. The van der Waals surface area contributed by atoms with Crippen molar-refractivity contribution in [1.82, 2.24) is 9.88 Å². The Hall–Kier alpha value is -1.62. The maximum Gasteiger partial charge on any atom is 0.416 e. The van der Waals surface area contributed by atoms with E-state index < -0.39 is 5.60 Å². The van der Waals surface area contributed by atoms with Crippen molar-refractivity contribution in [2.75, 3.05) is 18.0 Å². The summed E-state index contributed by atoms with van der Waals surface area (Å²) >= 11 is 0. The zero-order valence-corrected chi connectivity index (χ0v) is 17.3. The number of hydrogen-bond acceptors (Lipinski definition) is 4. The quantitative estimate of drug-likeness (QED) is 0.701. The number of aromatic nitrogens is 1. The van der Waals surface area contributed by atoms with Crippen LogP contribution in [0.2, 0.25) is 0 Å². The van der Waals surface area contributed by atoms with Gasteiger partial charge >= 0.3 is 6.09 Å². The van der Waals surface area contributed by atoms with Gasteiger partial charge in [0, 0.05) is 18.3 Å². The Balaban J connectivity index is 2.20. The van der Waals surface area contributed by atoms with E-state index in [-0.39, 0.29) is 12.1 Å². The molecule has 0 aliphatic carbocycles. The van der Waals surface area contributed by atoms with E-state index in [1.54, 1.807) is 4.90 Å². The van der Waals surface area contributed by atoms with E-state index in [0.717, 1.165) is 19.5 Å². The number of carbonyl (C=O) groups excluding carboxylic acids is 1. The van der Waals surface area contributed by atoms with Crippen molar-refractivity contribution in [3.05, 3.63) is 23.9 Å². The second-order valence-corrected chi connectivity index (χ2v) is 8.25. The van der Waals surface area contributed by atoms with Crippen LogP contribution in [0.25, 0.3) is 0 Å². The molecular formula is C21H35N3O2. The van der Waals surface area contributed by atoms with Crippen molar-refractivity contribution in [3.8, 4) is 0 Å². The molecule has 0 N–H and O–H groups in total. The van der Waals surface area contributed by atoms with Crippen LogP contribution in [0.1, 0.15) is 78.8 Å². The summed E-state index contributed by atoms with van der Waals surface area (Å²) in [6, 6.07) is 4.58. The number of rotatable bonds is 6. The number of hydrogen-bond donors (Lipinski definition) is 0. The van der Waals surface area contributed by atoms with E-state index in [0.29, 0.717) is 11.9 Å². The molecule has 1 aromatic heterocycles. The Morgan fingerprint density at radius 1 is 1.38 bits per heavy atom. The van der Waals surface area contributed by atoms with Crippen LogP contribution >= 0.6 is 0 Å². The molecule has 0 aromatic carbocycles. The van der Waals surface area contributed by atoms with E-state index in [9.17, 15) is 4.79 Å². The molecule has 0 unspecified atom stereocenters. The van der Waals surface area contributed by atoms with Crippen molar-refractivity contribution in [2.24, 2.45) is 0 Å². The van der Waals surface area contributed by atoms with Gasteiger partial charge in [0.25, 0.3) is 0 Å². The van der Waals surface area contributed by atoms with Gasteiger partial charge in [-0.1, -0.05) is 19.9 Å². The molecule has 0 spiro atoms. The average Bonchev–Trinajstić information content (AvgIpc) is 3.02. The number of pyridine rings is 1. The molecule has 1 amide bonds. The summed E-state index contributed by atoms with van der Waals surface area (Å²) in [5.74, 6) is 0.664. The van der Waals surface area contributed by atoms with Gasteiger partial charge in [0.1, 0.15) is 11.4 Å². The minimum absolute atomic E-state index is 0.0336. The van der Waals surface area contributed by atoms with Crippen LogP contribution < -0.4 is 4.90 Å². The third-order valence-electron chi connectivity index (χ3n) is 4.90. The number of anilines is 1. The van der Waals surface area contributed by atoms with Crippen LogP contribution in [0.5, 0.6) is 0 Å². The van der Waals surface area contributed by atoms with Gasteiger partial charge in [-0.25, -0.2) is 9.78 Å². The molecule has 146 valence electrons. The second kappa shape index (κ2) is 8.85. The van der Waals surface area contributed by atoms with Gasteiger partial charge in [0.05, 0.1) is 0 Å². The third kappa shape index (κ3) is 5.19. The lowest BCUT2D eigenvalue weighted by atomic mass is 10.1. The van der Waals surface area contributed by atoms with Crippen molar-refractivity contribution in [2.45, 2.75) is 84.9 Å². The molecule has 1 saturated heterocycles. The van der Waals surface area contributed by atoms with Gasteiger partial charge < -0.3 is 4.74 Å². The van der Waals surface area contributed by atoms with Crippen LogP contribution in [-0.4, -0.2) is 40.7 Å². The molecule has 2 rings (SSSR count). The number of amides is 1. The molecule has 2 atom stereocenters. The highest BCUT2D eigenvalue weighted by molar-refractivity contribution is 5.87. The zero-order valence-electron chi connectivity index (χ0n) is 17.3. The van der Waals surface area contributed by atoms with E-state index in [2.05, 4.69) is 29.8 Å². The molecule has 0 bridgehead atoms. The molecule has 26 heavy (non-hydrogen) atoms. The molecular weight excluding hydrogens is 326 g/mol. The fourth-order valence-corrected chi connectivity index (χ4v) is 3.49.